The van der Waals surface area contributed by atoms with Gasteiger partial charge in [0, 0.05) is 7.05 Å². The van der Waals surface area contributed by atoms with Crippen LogP contribution >= 0.6 is 0 Å². The first-order valence-electron chi connectivity index (χ1n) is 4.92. The lowest BCUT2D eigenvalue weighted by Crippen LogP contribution is -2.38. The van der Waals surface area contributed by atoms with E-state index >= 15 is 0 Å². The van der Waals surface area contributed by atoms with Crippen molar-refractivity contribution >= 4 is 15.9 Å². The fourth-order valence-corrected chi connectivity index (χ4v) is 1.50. The lowest BCUT2D eigenvalue weighted by Gasteiger charge is -2.16. The van der Waals surface area contributed by atoms with Crippen molar-refractivity contribution in [3.63, 3.8) is 0 Å². The Kier molecular flexibility index (Phi) is 5.79. The van der Waals surface area contributed by atoms with Crippen LogP contribution in [0.1, 0.15) is 32.6 Å². The van der Waals surface area contributed by atoms with Gasteiger partial charge in [-0.3, -0.25) is 4.79 Å². The molecule has 15 heavy (non-hydrogen) atoms. The summed E-state index contributed by atoms with van der Waals surface area (Å²) in [4.78, 5) is 11.3. The highest BCUT2D eigenvalue weighted by atomic mass is 32.2. The van der Waals surface area contributed by atoms with Crippen LogP contribution in [-0.2, 0) is 14.8 Å². The molecule has 0 aromatic carbocycles. The van der Waals surface area contributed by atoms with E-state index in [2.05, 4.69) is 0 Å². The zero-order chi connectivity index (χ0) is 12.1. The number of unbranched alkanes of at least 4 members (excludes halogenated alkanes) is 2. The van der Waals surface area contributed by atoms with E-state index in [0.29, 0.717) is 10.7 Å². The number of carbonyl (C=O) groups excluding carboxylic acids is 1. The first-order chi connectivity index (χ1) is 6.80. The molecule has 0 aliphatic carbocycles. The van der Waals surface area contributed by atoms with Crippen molar-refractivity contribution in [1.29, 1.82) is 0 Å². The quantitative estimate of drug-likeness (QED) is 0.657. The van der Waals surface area contributed by atoms with Gasteiger partial charge in [-0.2, -0.15) is 0 Å². The van der Waals surface area contributed by atoms with Crippen molar-refractivity contribution in [2.45, 2.75) is 38.8 Å². The van der Waals surface area contributed by atoms with Crippen LogP contribution in [0.5, 0.6) is 0 Å². The fourth-order valence-electron chi connectivity index (χ4n) is 1.06. The van der Waals surface area contributed by atoms with E-state index in [4.69, 9.17) is 0 Å². The number of alkyl halides is 1. The van der Waals surface area contributed by atoms with Crippen LogP contribution in [0.3, 0.4) is 0 Å². The number of hydrogen-bond acceptors (Lipinski definition) is 3. The van der Waals surface area contributed by atoms with E-state index in [1.807, 2.05) is 6.92 Å². The normalized spacial score (nSPS) is 13.6. The molecule has 0 heterocycles. The van der Waals surface area contributed by atoms with Gasteiger partial charge in [0.25, 0.3) is 5.91 Å². The second kappa shape index (κ2) is 6.05. The molecule has 0 saturated heterocycles. The summed E-state index contributed by atoms with van der Waals surface area (Å²) in [5.41, 5.74) is 0. The molecule has 0 spiro atoms. The minimum absolute atomic E-state index is 0.0898. The maximum Gasteiger partial charge on any atom is 0.270 e. The molecule has 0 aromatic heterocycles. The van der Waals surface area contributed by atoms with E-state index in [1.54, 1.807) is 0 Å². The smallest absolute Gasteiger partial charge is 0.270 e. The van der Waals surface area contributed by atoms with E-state index in [9.17, 15) is 17.6 Å². The molecule has 0 aliphatic heterocycles. The van der Waals surface area contributed by atoms with Gasteiger partial charge < -0.3 is 0 Å². The SMILES string of the molecule is CCCCCC(F)C(=O)N(C)S(C)(=O)=O. The second-order valence-electron chi connectivity index (χ2n) is 3.53. The van der Waals surface area contributed by atoms with Crippen LogP contribution in [0.2, 0.25) is 0 Å². The van der Waals surface area contributed by atoms with Crippen molar-refractivity contribution in [3.05, 3.63) is 0 Å². The van der Waals surface area contributed by atoms with Gasteiger partial charge in [-0.15, -0.1) is 0 Å². The van der Waals surface area contributed by atoms with Crippen molar-refractivity contribution in [2.75, 3.05) is 13.3 Å². The van der Waals surface area contributed by atoms with E-state index in [0.717, 1.165) is 26.1 Å². The highest BCUT2D eigenvalue weighted by molar-refractivity contribution is 7.88. The summed E-state index contributed by atoms with van der Waals surface area (Å²) in [7, 11) is -2.56. The van der Waals surface area contributed by atoms with Crippen LogP contribution in [0.4, 0.5) is 4.39 Å². The van der Waals surface area contributed by atoms with Crippen molar-refractivity contribution < 1.29 is 17.6 Å². The average Bonchev–Trinajstić information content (AvgIpc) is 2.14. The zero-order valence-electron chi connectivity index (χ0n) is 9.36. The predicted octanol–water partition coefficient (Wildman–Crippen LogP) is 1.32. The third kappa shape index (κ3) is 5.11. The van der Waals surface area contributed by atoms with Crippen LogP contribution in [0.25, 0.3) is 0 Å². The third-order valence-corrected chi connectivity index (χ3v) is 3.31. The molecule has 0 rings (SSSR count). The minimum Gasteiger partial charge on any atom is -0.270 e. The number of sulfonamides is 1. The van der Waals surface area contributed by atoms with E-state index in [-0.39, 0.29) is 6.42 Å². The Hall–Kier alpha value is -0.650. The topological polar surface area (TPSA) is 54.5 Å². The molecule has 0 fully saturated rings. The Morgan fingerprint density at radius 2 is 1.93 bits per heavy atom. The van der Waals surface area contributed by atoms with Gasteiger partial charge in [0.15, 0.2) is 6.17 Å². The molecule has 1 unspecified atom stereocenters. The number of nitrogens with zero attached hydrogens (tertiary/aromatic N) is 1. The van der Waals surface area contributed by atoms with E-state index in [1.165, 1.54) is 0 Å². The number of amides is 1. The van der Waals surface area contributed by atoms with Crippen LogP contribution in [0, 0.1) is 0 Å². The maximum atomic E-state index is 13.2. The van der Waals surface area contributed by atoms with Gasteiger partial charge in [-0.25, -0.2) is 17.1 Å². The lowest BCUT2D eigenvalue weighted by molar-refractivity contribution is -0.131. The Morgan fingerprint density at radius 1 is 1.40 bits per heavy atom. The summed E-state index contributed by atoms with van der Waals surface area (Å²) in [6.07, 6.45) is 1.63. The highest BCUT2D eigenvalue weighted by Crippen LogP contribution is 2.10. The molecule has 0 bridgehead atoms. The van der Waals surface area contributed by atoms with Crippen LogP contribution in [0.15, 0.2) is 0 Å². The molecule has 1 atom stereocenters. The molecule has 0 aromatic rings. The summed E-state index contributed by atoms with van der Waals surface area (Å²) < 4.78 is 35.6. The number of carbonyl (C=O) groups is 1. The molecule has 90 valence electrons. The molecular weight excluding hydrogens is 221 g/mol. The third-order valence-electron chi connectivity index (χ3n) is 2.14. The zero-order valence-corrected chi connectivity index (χ0v) is 10.2. The predicted molar refractivity (Wildman–Crippen MR) is 56.7 cm³/mol. The molecule has 0 saturated carbocycles. The average molecular weight is 239 g/mol. The molecule has 1 amide bonds. The maximum absolute atomic E-state index is 13.2. The molecular formula is C9H18FNO3S. The largest absolute Gasteiger partial charge is 0.270 e. The summed E-state index contributed by atoms with van der Waals surface area (Å²) in [5.74, 6) is -0.978. The monoisotopic (exact) mass is 239 g/mol. The number of halogens is 1. The first-order valence-corrected chi connectivity index (χ1v) is 6.77. The van der Waals surface area contributed by atoms with Crippen LogP contribution in [-0.4, -0.2) is 38.1 Å². The Bertz CT molecular complexity index is 302. The standard InChI is InChI=1S/C9H18FNO3S/c1-4-5-6-7-8(10)9(12)11(2)15(3,13)14/h8H,4-7H2,1-3H3. The summed E-state index contributed by atoms with van der Waals surface area (Å²) >= 11 is 0. The van der Waals surface area contributed by atoms with E-state index < -0.39 is 22.1 Å². The van der Waals surface area contributed by atoms with Gasteiger partial charge >= 0.3 is 0 Å². The Morgan fingerprint density at radius 3 is 2.33 bits per heavy atom. The summed E-state index contributed by atoms with van der Waals surface area (Å²) in [6, 6.07) is 0. The Labute approximate surface area is 90.5 Å². The Balaban J connectivity index is 4.21. The molecule has 0 aliphatic rings. The summed E-state index contributed by atoms with van der Waals surface area (Å²) in [5, 5.41) is 0. The van der Waals surface area contributed by atoms with Gasteiger partial charge in [-0.05, 0) is 6.42 Å². The molecule has 0 N–H and O–H groups in total. The van der Waals surface area contributed by atoms with Crippen molar-refractivity contribution in [2.24, 2.45) is 0 Å². The van der Waals surface area contributed by atoms with Gasteiger partial charge in [0.05, 0.1) is 6.26 Å². The fraction of sp³-hybridized carbons (Fsp3) is 0.889. The molecule has 0 radical (unpaired) electrons. The number of hydrogen-bond donors (Lipinski definition) is 0. The summed E-state index contributed by atoms with van der Waals surface area (Å²) in [6.45, 7) is 1.97. The minimum atomic E-state index is -3.63. The lowest BCUT2D eigenvalue weighted by atomic mass is 10.1. The van der Waals surface area contributed by atoms with Gasteiger partial charge in [0.2, 0.25) is 10.0 Å². The second-order valence-corrected chi connectivity index (χ2v) is 5.55. The highest BCUT2D eigenvalue weighted by Gasteiger charge is 2.26. The van der Waals surface area contributed by atoms with Crippen molar-refractivity contribution in [3.8, 4) is 0 Å². The van der Waals surface area contributed by atoms with Gasteiger partial charge in [0.1, 0.15) is 0 Å². The van der Waals surface area contributed by atoms with Gasteiger partial charge in [-0.1, -0.05) is 26.2 Å². The van der Waals surface area contributed by atoms with Crippen LogP contribution < -0.4 is 0 Å². The number of rotatable bonds is 6. The van der Waals surface area contributed by atoms with Crippen molar-refractivity contribution in [1.82, 2.24) is 4.31 Å². The first kappa shape index (κ1) is 14.3. The molecule has 6 heteroatoms. The molecule has 4 nitrogen and oxygen atoms in total.